The topological polar surface area (TPSA) is 56.1 Å². The van der Waals surface area contributed by atoms with Crippen LogP contribution >= 0.6 is 0 Å². The SMILES string of the molecule is Cc1ccc(OCCCn2c(CCCCCNC(=O)Cc3ccccc3)nc3ccccc32)cc1C. The van der Waals surface area contributed by atoms with E-state index in [9.17, 15) is 4.79 Å². The van der Waals surface area contributed by atoms with Crippen molar-refractivity contribution < 1.29 is 9.53 Å². The fraction of sp³-hybridized carbons (Fsp3) is 0.355. The van der Waals surface area contributed by atoms with Crippen LogP contribution in [0.2, 0.25) is 0 Å². The number of benzene rings is 3. The maximum atomic E-state index is 12.1. The zero-order chi connectivity index (χ0) is 25.2. The number of hydrogen-bond acceptors (Lipinski definition) is 3. The number of para-hydroxylation sites is 2. The molecule has 0 aliphatic rings. The van der Waals surface area contributed by atoms with Crippen molar-refractivity contribution in [2.24, 2.45) is 0 Å². The molecular weight excluding hydrogens is 446 g/mol. The number of fused-ring (bicyclic) bond motifs is 1. The highest BCUT2D eigenvalue weighted by Crippen LogP contribution is 2.20. The standard InChI is InChI=1S/C31H37N3O2/c1-24-17-18-27(22-25(24)2)36-21-11-20-34-29-15-9-8-14-28(29)33-30(34)16-7-4-10-19-32-31(35)23-26-12-5-3-6-13-26/h3,5-6,8-9,12-15,17-18,22H,4,7,10-11,16,19-21,23H2,1-2H3,(H,32,35). The number of aryl methyl sites for hydroxylation is 4. The number of nitrogens with one attached hydrogen (secondary N) is 1. The lowest BCUT2D eigenvalue weighted by molar-refractivity contribution is -0.120. The Labute approximate surface area is 214 Å². The molecule has 4 rings (SSSR count). The zero-order valence-corrected chi connectivity index (χ0v) is 21.5. The largest absolute Gasteiger partial charge is 0.494 e. The number of unbranched alkanes of at least 4 members (excludes halogenated alkanes) is 2. The Balaban J connectivity index is 1.22. The van der Waals surface area contributed by atoms with Gasteiger partial charge >= 0.3 is 0 Å². The van der Waals surface area contributed by atoms with Crippen LogP contribution in [0.5, 0.6) is 5.75 Å². The molecule has 1 N–H and O–H groups in total. The summed E-state index contributed by atoms with van der Waals surface area (Å²) < 4.78 is 8.35. The Bertz CT molecular complexity index is 1260. The number of imidazole rings is 1. The molecule has 0 fully saturated rings. The van der Waals surface area contributed by atoms with E-state index in [1.54, 1.807) is 0 Å². The van der Waals surface area contributed by atoms with Gasteiger partial charge in [0, 0.05) is 19.5 Å². The number of aromatic nitrogens is 2. The summed E-state index contributed by atoms with van der Waals surface area (Å²) in [5.74, 6) is 2.16. The fourth-order valence-corrected chi connectivity index (χ4v) is 4.44. The Morgan fingerprint density at radius 1 is 0.889 bits per heavy atom. The predicted molar refractivity (Wildman–Crippen MR) is 146 cm³/mol. The number of nitrogens with zero attached hydrogens (tertiary/aromatic N) is 2. The number of rotatable bonds is 13. The highest BCUT2D eigenvalue weighted by Gasteiger charge is 2.10. The molecule has 5 heteroatoms. The van der Waals surface area contributed by atoms with E-state index in [2.05, 4.69) is 54.1 Å². The fourth-order valence-electron chi connectivity index (χ4n) is 4.44. The first-order valence-corrected chi connectivity index (χ1v) is 13.0. The molecule has 0 saturated carbocycles. The number of carbonyl (C=O) groups excluding carboxylic acids is 1. The van der Waals surface area contributed by atoms with Crippen LogP contribution in [0, 0.1) is 13.8 Å². The van der Waals surface area contributed by atoms with Gasteiger partial charge in [-0.15, -0.1) is 0 Å². The quantitative estimate of drug-likeness (QED) is 0.231. The van der Waals surface area contributed by atoms with Crippen molar-refractivity contribution in [2.45, 2.75) is 58.9 Å². The molecule has 0 spiro atoms. The first-order valence-electron chi connectivity index (χ1n) is 13.0. The molecule has 0 atom stereocenters. The van der Waals surface area contributed by atoms with E-state index in [1.165, 1.54) is 16.6 Å². The van der Waals surface area contributed by atoms with Crippen molar-refractivity contribution in [1.82, 2.24) is 14.9 Å². The lowest BCUT2D eigenvalue weighted by Gasteiger charge is -2.11. The third-order valence-electron chi connectivity index (χ3n) is 6.61. The molecule has 0 aliphatic carbocycles. The van der Waals surface area contributed by atoms with Gasteiger partial charge in [-0.25, -0.2) is 4.98 Å². The highest BCUT2D eigenvalue weighted by atomic mass is 16.5. The first kappa shape index (κ1) is 25.5. The molecule has 0 radical (unpaired) electrons. The monoisotopic (exact) mass is 483 g/mol. The molecule has 3 aromatic carbocycles. The van der Waals surface area contributed by atoms with E-state index >= 15 is 0 Å². The maximum absolute atomic E-state index is 12.1. The van der Waals surface area contributed by atoms with Crippen LogP contribution < -0.4 is 10.1 Å². The molecular formula is C31H37N3O2. The highest BCUT2D eigenvalue weighted by molar-refractivity contribution is 5.78. The number of carbonyl (C=O) groups is 1. The Hall–Kier alpha value is -3.60. The summed E-state index contributed by atoms with van der Waals surface area (Å²) in [6, 6.07) is 24.5. The van der Waals surface area contributed by atoms with Crippen LogP contribution in [0.4, 0.5) is 0 Å². The van der Waals surface area contributed by atoms with Crippen LogP contribution in [0.15, 0.2) is 72.8 Å². The minimum absolute atomic E-state index is 0.0889. The van der Waals surface area contributed by atoms with Gasteiger partial charge in [0.05, 0.1) is 24.1 Å². The Morgan fingerprint density at radius 2 is 1.69 bits per heavy atom. The normalized spacial score (nSPS) is 11.1. The Kier molecular flexibility index (Phi) is 9.15. The second kappa shape index (κ2) is 12.9. The molecule has 4 aromatic rings. The second-order valence-electron chi connectivity index (χ2n) is 9.44. The van der Waals surface area contributed by atoms with Crippen molar-refractivity contribution in [2.75, 3.05) is 13.2 Å². The molecule has 188 valence electrons. The predicted octanol–water partition coefficient (Wildman–Crippen LogP) is 6.19. The van der Waals surface area contributed by atoms with Gasteiger partial charge in [0.2, 0.25) is 5.91 Å². The minimum Gasteiger partial charge on any atom is -0.494 e. The molecule has 1 amide bonds. The summed E-state index contributed by atoms with van der Waals surface area (Å²) in [7, 11) is 0. The molecule has 0 saturated heterocycles. The third kappa shape index (κ3) is 7.20. The number of ether oxygens (including phenoxy) is 1. The zero-order valence-electron chi connectivity index (χ0n) is 21.5. The first-order chi connectivity index (χ1) is 17.6. The summed E-state index contributed by atoms with van der Waals surface area (Å²) in [5.41, 5.74) is 5.83. The Morgan fingerprint density at radius 3 is 2.53 bits per heavy atom. The van der Waals surface area contributed by atoms with E-state index < -0.39 is 0 Å². The van der Waals surface area contributed by atoms with Gasteiger partial charge in [0.1, 0.15) is 11.6 Å². The van der Waals surface area contributed by atoms with Crippen molar-refractivity contribution in [1.29, 1.82) is 0 Å². The van der Waals surface area contributed by atoms with Gasteiger partial charge in [-0.1, -0.05) is 55.0 Å². The average Bonchev–Trinajstić information content (AvgIpc) is 3.24. The summed E-state index contributed by atoms with van der Waals surface area (Å²) in [6.07, 6.45) is 5.39. The summed E-state index contributed by atoms with van der Waals surface area (Å²) in [5, 5.41) is 3.04. The molecule has 1 aromatic heterocycles. The van der Waals surface area contributed by atoms with Crippen molar-refractivity contribution >= 4 is 16.9 Å². The summed E-state index contributed by atoms with van der Waals surface area (Å²) >= 11 is 0. The van der Waals surface area contributed by atoms with Crippen molar-refractivity contribution in [3.8, 4) is 5.75 Å². The number of hydrogen-bond donors (Lipinski definition) is 1. The van der Waals surface area contributed by atoms with Gasteiger partial charge in [0.15, 0.2) is 0 Å². The van der Waals surface area contributed by atoms with E-state index in [0.29, 0.717) is 13.0 Å². The lowest BCUT2D eigenvalue weighted by Crippen LogP contribution is -2.26. The molecule has 5 nitrogen and oxygen atoms in total. The average molecular weight is 484 g/mol. The van der Waals surface area contributed by atoms with E-state index in [0.717, 1.165) is 67.8 Å². The molecule has 0 aliphatic heterocycles. The van der Waals surface area contributed by atoms with E-state index in [1.807, 2.05) is 42.5 Å². The lowest BCUT2D eigenvalue weighted by atomic mass is 10.1. The second-order valence-corrected chi connectivity index (χ2v) is 9.44. The molecule has 0 bridgehead atoms. The van der Waals surface area contributed by atoms with Gasteiger partial charge in [0.25, 0.3) is 0 Å². The van der Waals surface area contributed by atoms with Gasteiger partial charge in [-0.2, -0.15) is 0 Å². The molecule has 1 heterocycles. The molecule has 0 unspecified atom stereocenters. The van der Waals surface area contributed by atoms with Gasteiger partial charge < -0.3 is 14.6 Å². The van der Waals surface area contributed by atoms with Crippen LogP contribution in [0.1, 0.15) is 48.2 Å². The van der Waals surface area contributed by atoms with Crippen molar-refractivity contribution in [3.63, 3.8) is 0 Å². The van der Waals surface area contributed by atoms with Gasteiger partial charge in [-0.05, 0) is 74.1 Å². The van der Waals surface area contributed by atoms with E-state index in [4.69, 9.17) is 9.72 Å². The van der Waals surface area contributed by atoms with Crippen LogP contribution in [-0.2, 0) is 24.2 Å². The van der Waals surface area contributed by atoms with Crippen LogP contribution in [0.25, 0.3) is 11.0 Å². The summed E-state index contributed by atoms with van der Waals surface area (Å²) in [4.78, 5) is 17.0. The van der Waals surface area contributed by atoms with Crippen molar-refractivity contribution in [3.05, 3.63) is 95.3 Å². The minimum atomic E-state index is 0.0889. The summed E-state index contributed by atoms with van der Waals surface area (Å²) in [6.45, 7) is 6.52. The van der Waals surface area contributed by atoms with E-state index in [-0.39, 0.29) is 5.91 Å². The maximum Gasteiger partial charge on any atom is 0.224 e. The van der Waals surface area contributed by atoms with Crippen LogP contribution in [-0.4, -0.2) is 28.6 Å². The smallest absolute Gasteiger partial charge is 0.224 e. The van der Waals surface area contributed by atoms with Gasteiger partial charge in [-0.3, -0.25) is 4.79 Å². The van der Waals surface area contributed by atoms with Crippen LogP contribution in [0.3, 0.4) is 0 Å². The molecule has 36 heavy (non-hydrogen) atoms. The number of amides is 1. The third-order valence-corrected chi connectivity index (χ3v) is 6.61.